The smallest absolute Gasteiger partial charge is 0.136 e. The van der Waals surface area contributed by atoms with Gasteiger partial charge >= 0.3 is 0 Å². The number of benzene rings is 6. The van der Waals surface area contributed by atoms with E-state index in [0.29, 0.717) is 0 Å². The number of amidine groups is 1. The lowest BCUT2D eigenvalue weighted by Crippen LogP contribution is -2.32. The summed E-state index contributed by atoms with van der Waals surface area (Å²) in [5, 5.41) is 2.54. The third-order valence-electron chi connectivity index (χ3n) is 8.73. The van der Waals surface area contributed by atoms with E-state index in [4.69, 9.17) is 4.99 Å². The van der Waals surface area contributed by atoms with Gasteiger partial charge in [0.2, 0.25) is 0 Å². The van der Waals surface area contributed by atoms with Crippen LogP contribution in [-0.4, -0.2) is 22.4 Å². The van der Waals surface area contributed by atoms with E-state index in [1.807, 2.05) is 6.20 Å². The number of likely N-dealkylation sites (N-methyl/N-ethyl adjacent to an activating group) is 1. The highest BCUT2D eigenvalue weighted by molar-refractivity contribution is 6.09. The first-order valence-electron chi connectivity index (χ1n) is 15.1. The molecule has 1 unspecified atom stereocenters. The minimum Gasteiger partial charge on any atom is -0.349 e. The van der Waals surface area contributed by atoms with Crippen LogP contribution in [0, 0.1) is 0 Å². The van der Waals surface area contributed by atoms with Crippen molar-refractivity contribution in [2.24, 2.45) is 4.99 Å². The molecule has 2 heterocycles. The van der Waals surface area contributed by atoms with Crippen LogP contribution in [0.1, 0.15) is 17.2 Å². The molecule has 0 aliphatic carbocycles. The molecule has 0 spiro atoms. The third kappa shape index (κ3) is 4.50. The predicted octanol–water partition coefficient (Wildman–Crippen LogP) is 10.1. The topological polar surface area (TPSA) is 20.5 Å². The first kappa shape index (κ1) is 26.0. The minimum atomic E-state index is 0.0862. The van der Waals surface area contributed by atoms with Crippen LogP contribution in [0.2, 0.25) is 0 Å². The van der Waals surface area contributed by atoms with Gasteiger partial charge in [0.1, 0.15) is 5.84 Å². The molecular weight excluding hydrogens is 534 g/mol. The van der Waals surface area contributed by atoms with E-state index in [-0.39, 0.29) is 6.04 Å². The second-order valence-corrected chi connectivity index (χ2v) is 11.3. The van der Waals surface area contributed by atoms with E-state index < -0.39 is 0 Å². The number of nitrogens with zero attached hydrogens (tertiary/aromatic N) is 3. The van der Waals surface area contributed by atoms with Crippen molar-refractivity contribution in [2.45, 2.75) is 6.04 Å². The Bertz CT molecular complexity index is 2120. The lowest BCUT2D eigenvalue weighted by atomic mass is 9.96. The second-order valence-electron chi connectivity index (χ2n) is 11.3. The van der Waals surface area contributed by atoms with E-state index in [0.717, 1.165) is 17.1 Å². The lowest BCUT2D eigenvalue weighted by Gasteiger charge is -2.31. The molecule has 0 saturated carbocycles. The van der Waals surface area contributed by atoms with Crippen LogP contribution in [0.4, 0.5) is 0 Å². The summed E-state index contributed by atoms with van der Waals surface area (Å²) in [5.41, 5.74) is 10.8. The van der Waals surface area contributed by atoms with Crippen molar-refractivity contribution in [1.29, 1.82) is 0 Å². The quantitative estimate of drug-likeness (QED) is 0.203. The predicted molar refractivity (Wildman–Crippen MR) is 184 cm³/mol. The average molecular weight is 566 g/mol. The van der Waals surface area contributed by atoms with Crippen LogP contribution in [0.25, 0.3) is 49.7 Å². The summed E-state index contributed by atoms with van der Waals surface area (Å²) in [5.74, 6) is 0.962. The lowest BCUT2D eigenvalue weighted by molar-refractivity contribution is 0.433. The minimum absolute atomic E-state index is 0.0862. The molecule has 0 fully saturated rings. The normalized spacial score (nSPS) is 14.7. The molecule has 3 nitrogen and oxygen atoms in total. The Morgan fingerprint density at radius 1 is 0.500 bits per heavy atom. The Morgan fingerprint density at radius 3 is 1.73 bits per heavy atom. The molecule has 44 heavy (non-hydrogen) atoms. The van der Waals surface area contributed by atoms with Gasteiger partial charge in [0, 0.05) is 35.3 Å². The Morgan fingerprint density at radius 2 is 1.05 bits per heavy atom. The highest BCUT2D eigenvalue weighted by Crippen LogP contribution is 2.33. The Labute approximate surface area is 257 Å². The fourth-order valence-corrected chi connectivity index (χ4v) is 6.51. The molecule has 0 radical (unpaired) electrons. The molecule has 3 heteroatoms. The zero-order valence-electron chi connectivity index (χ0n) is 24.5. The summed E-state index contributed by atoms with van der Waals surface area (Å²) >= 11 is 0. The van der Waals surface area contributed by atoms with Crippen LogP contribution >= 0.6 is 0 Å². The van der Waals surface area contributed by atoms with E-state index in [2.05, 4.69) is 174 Å². The van der Waals surface area contributed by atoms with Crippen molar-refractivity contribution >= 4 is 27.6 Å². The van der Waals surface area contributed by atoms with Crippen LogP contribution < -0.4 is 0 Å². The maximum Gasteiger partial charge on any atom is 0.136 e. The molecule has 1 aliphatic heterocycles. The van der Waals surface area contributed by atoms with Crippen molar-refractivity contribution in [3.63, 3.8) is 0 Å². The van der Waals surface area contributed by atoms with Crippen molar-refractivity contribution in [3.05, 3.63) is 175 Å². The van der Waals surface area contributed by atoms with E-state index in [9.17, 15) is 0 Å². The fraction of sp³-hybridized carbons (Fsp3) is 0.0488. The third-order valence-corrected chi connectivity index (χ3v) is 8.73. The molecule has 0 bridgehead atoms. The van der Waals surface area contributed by atoms with Gasteiger partial charge in [-0.3, -0.25) is 0 Å². The molecule has 1 atom stereocenters. The standard InChI is InChI=1S/C41H31N3/c1-43-38(34-13-9-12-33(28-34)31-20-18-30(19-21-31)29-10-3-2-4-11-29)26-27-42-41(43)32-22-24-35(25-23-32)44-39-16-7-5-14-36(39)37-15-6-8-17-40(37)44/h2-28,38H,1H3. The van der Waals surface area contributed by atoms with Gasteiger partial charge in [-0.1, -0.05) is 109 Å². The molecule has 8 rings (SSSR count). The molecule has 0 N–H and O–H groups in total. The number of aliphatic imine (C=N–C) groups is 1. The number of hydrogen-bond donors (Lipinski definition) is 0. The van der Waals surface area contributed by atoms with Gasteiger partial charge in [0.15, 0.2) is 0 Å². The number of fused-ring (bicyclic) bond motifs is 3. The number of rotatable bonds is 5. The van der Waals surface area contributed by atoms with Crippen LogP contribution in [0.3, 0.4) is 0 Å². The Kier molecular flexibility index (Phi) is 6.42. The fourth-order valence-electron chi connectivity index (χ4n) is 6.51. The van der Waals surface area contributed by atoms with E-state index >= 15 is 0 Å². The molecule has 7 aromatic rings. The van der Waals surface area contributed by atoms with Crippen molar-refractivity contribution in [1.82, 2.24) is 9.47 Å². The largest absolute Gasteiger partial charge is 0.349 e. The summed E-state index contributed by atoms with van der Waals surface area (Å²) < 4.78 is 2.35. The summed E-state index contributed by atoms with van der Waals surface area (Å²) in [6, 6.07) is 54.3. The van der Waals surface area contributed by atoms with Gasteiger partial charge in [-0.2, -0.15) is 0 Å². The molecule has 6 aromatic carbocycles. The van der Waals surface area contributed by atoms with Crippen LogP contribution in [0.5, 0.6) is 0 Å². The highest BCUT2D eigenvalue weighted by Gasteiger charge is 2.22. The van der Waals surface area contributed by atoms with Crippen molar-refractivity contribution in [3.8, 4) is 27.9 Å². The van der Waals surface area contributed by atoms with Gasteiger partial charge in [0.25, 0.3) is 0 Å². The first-order valence-corrected chi connectivity index (χ1v) is 15.1. The number of para-hydroxylation sites is 2. The van der Waals surface area contributed by atoms with Gasteiger partial charge in [0.05, 0.1) is 17.1 Å². The van der Waals surface area contributed by atoms with E-state index in [1.54, 1.807) is 0 Å². The number of hydrogen-bond acceptors (Lipinski definition) is 2. The monoisotopic (exact) mass is 565 g/mol. The van der Waals surface area contributed by atoms with Crippen molar-refractivity contribution in [2.75, 3.05) is 7.05 Å². The summed E-state index contributed by atoms with van der Waals surface area (Å²) in [6.07, 6.45) is 4.12. The second kappa shape index (κ2) is 10.9. The zero-order valence-corrected chi connectivity index (χ0v) is 24.5. The maximum absolute atomic E-state index is 4.82. The molecular formula is C41H31N3. The van der Waals surface area contributed by atoms with Gasteiger partial charge in [-0.05, 0) is 76.4 Å². The number of aromatic nitrogens is 1. The summed E-state index contributed by atoms with van der Waals surface area (Å²) in [4.78, 5) is 7.09. The SMILES string of the molecule is CN1C(c2ccc(-n3c4ccccc4c4ccccc43)cc2)=NC=CC1c1cccc(-c2ccc(-c3ccccc3)cc2)c1. The highest BCUT2D eigenvalue weighted by atomic mass is 15.2. The molecule has 0 saturated heterocycles. The summed E-state index contributed by atoms with van der Waals surface area (Å²) in [7, 11) is 2.13. The zero-order chi connectivity index (χ0) is 29.5. The summed E-state index contributed by atoms with van der Waals surface area (Å²) in [6.45, 7) is 0. The maximum atomic E-state index is 4.82. The van der Waals surface area contributed by atoms with Gasteiger partial charge < -0.3 is 9.47 Å². The Balaban J connectivity index is 1.07. The van der Waals surface area contributed by atoms with E-state index in [1.165, 1.54) is 49.6 Å². The van der Waals surface area contributed by atoms with Crippen molar-refractivity contribution < 1.29 is 0 Å². The van der Waals surface area contributed by atoms with Crippen LogP contribution in [0.15, 0.2) is 169 Å². The molecule has 0 amide bonds. The molecule has 1 aromatic heterocycles. The average Bonchev–Trinajstić information content (AvgIpc) is 3.43. The molecule has 210 valence electrons. The first-order chi connectivity index (χ1) is 21.7. The molecule has 1 aliphatic rings. The van der Waals surface area contributed by atoms with Gasteiger partial charge in [-0.25, -0.2) is 4.99 Å². The Hall–Kier alpha value is -5.67. The van der Waals surface area contributed by atoms with Crippen LogP contribution in [-0.2, 0) is 0 Å². The van der Waals surface area contributed by atoms with Gasteiger partial charge in [-0.15, -0.1) is 0 Å².